The first kappa shape index (κ1) is 13.5. The predicted octanol–water partition coefficient (Wildman–Crippen LogP) is 0.714. The fourth-order valence-electron chi connectivity index (χ4n) is 2.08. The highest BCUT2D eigenvalue weighted by Gasteiger charge is 2.28. The molecule has 1 atom stereocenters. The molecule has 1 fully saturated rings. The van der Waals surface area contributed by atoms with Crippen LogP contribution in [0.15, 0.2) is 0 Å². The summed E-state index contributed by atoms with van der Waals surface area (Å²) in [5.74, 6) is -0.0647. The van der Waals surface area contributed by atoms with Crippen LogP contribution in [0.1, 0.15) is 40.0 Å². The van der Waals surface area contributed by atoms with Gasteiger partial charge in [-0.2, -0.15) is 0 Å². The minimum atomic E-state index is -0.419. The molecule has 94 valence electrons. The minimum Gasteiger partial charge on any atom is -0.353 e. The van der Waals surface area contributed by atoms with E-state index in [1.807, 2.05) is 0 Å². The number of piperidine rings is 1. The second-order valence-corrected chi connectivity index (χ2v) is 5.37. The van der Waals surface area contributed by atoms with E-state index in [-0.39, 0.29) is 11.4 Å². The number of hydrogen-bond donors (Lipinski definition) is 2. The van der Waals surface area contributed by atoms with E-state index in [9.17, 15) is 4.79 Å². The topological polar surface area (TPSA) is 58.4 Å². The SMILES string of the molecule is C[C@H](N)C(=O)NCC(C)(C)N1CCCCC1. The number of nitrogens with zero attached hydrogens (tertiary/aromatic N) is 1. The van der Waals surface area contributed by atoms with Crippen molar-refractivity contribution in [1.29, 1.82) is 0 Å². The Kier molecular flexibility index (Phi) is 4.74. The van der Waals surface area contributed by atoms with Gasteiger partial charge in [-0.15, -0.1) is 0 Å². The molecule has 0 aliphatic carbocycles. The molecule has 0 aromatic heterocycles. The normalized spacial score (nSPS) is 20.5. The smallest absolute Gasteiger partial charge is 0.236 e. The number of hydrogen-bond acceptors (Lipinski definition) is 3. The lowest BCUT2D eigenvalue weighted by molar-refractivity contribution is -0.122. The Labute approximate surface area is 98.6 Å². The maximum atomic E-state index is 11.4. The Balaban J connectivity index is 2.40. The quantitative estimate of drug-likeness (QED) is 0.744. The number of nitrogens with two attached hydrogens (primary N) is 1. The number of carbonyl (C=O) groups is 1. The van der Waals surface area contributed by atoms with Crippen LogP contribution < -0.4 is 11.1 Å². The lowest BCUT2D eigenvalue weighted by Crippen LogP contribution is -2.54. The van der Waals surface area contributed by atoms with Crippen LogP contribution in [0, 0.1) is 0 Å². The fourth-order valence-corrected chi connectivity index (χ4v) is 2.08. The maximum absolute atomic E-state index is 11.4. The van der Waals surface area contributed by atoms with Gasteiger partial charge in [-0.3, -0.25) is 9.69 Å². The van der Waals surface area contributed by atoms with Crippen molar-refractivity contribution in [2.45, 2.75) is 51.6 Å². The molecule has 1 rings (SSSR count). The van der Waals surface area contributed by atoms with E-state index in [0.29, 0.717) is 6.54 Å². The van der Waals surface area contributed by atoms with Crippen molar-refractivity contribution in [3.05, 3.63) is 0 Å². The predicted molar refractivity (Wildman–Crippen MR) is 66.2 cm³/mol. The molecule has 0 aromatic carbocycles. The highest BCUT2D eigenvalue weighted by molar-refractivity contribution is 5.81. The molecule has 1 aliphatic rings. The van der Waals surface area contributed by atoms with Gasteiger partial charge in [0.15, 0.2) is 0 Å². The van der Waals surface area contributed by atoms with Crippen LogP contribution >= 0.6 is 0 Å². The van der Waals surface area contributed by atoms with Gasteiger partial charge in [0, 0.05) is 12.1 Å². The Morgan fingerprint density at radius 1 is 1.38 bits per heavy atom. The first-order valence-corrected chi connectivity index (χ1v) is 6.22. The molecule has 4 heteroatoms. The first-order chi connectivity index (χ1) is 7.43. The Morgan fingerprint density at radius 3 is 2.44 bits per heavy atom. The van der Waals surface area contributed by atoms with E-state index in [2.05, 4.69) is 24.1 Å². The van der Waals surface area contributed by atoms with E-state index in [1.54, 1.807) is 6.92 Å². The maximum Gasteiger partial charge on any atom is 0.236 e. The van der Waals surface area contributed by atoms with Crippen LogP contribution in [0.2, 0.25) is 0 Å². The number of carbonyl (C=O) groups excluding carboxylic acids is 1. The minimum absolute atomic E-state index is 0.0327. The zero-order chi connectivity index (χ0) is 12.2. The lowest BCUT2D eigenvalue weighted by atomic mass is 9.98. The molecule has 1 saturated heterocycles. The van der Waals surface area contributed by atoms with Gasteiger partial charge in [-0.05, 0) is 46.7 Å². The molecule has 1 heterocycles. The van der Waals surface area contributed by atoms with E-state index in [1.165, 1.54) is 19.3 Å². The van der Waals surface area contributed by atoms with Crippen molar-refractivity contribution < 1.29 is 4.79 Å². The van der Waals surface area contributed by atoms with Crippen LogP contribution in [-0.4, -0.2) is 42.0 Å². The summed E-state index contributed by atoms with van der Waals surface area (Å²) in [6, 6.07) is -0.419. The summed E-state index contributed by atoms with van der Waals surface area (Å²) in [6.07, 6.45) is 3.87. The zero-order valence-electron chi connectivity index (χ0n) is 10.8. The molecule has 1 amide bonds. The summed E-state index contributed by atoms with van der Waals surface area (Å²) in [4.78, 5) is 13.9. The van der Waals surface area contributed by atoms with Gasteiger partial charge < -0.3 is 11.1 Å². The molecular formula is C12H25N3O. The van der Waals surface area contributed by atoms with Crippen molar-refractivity contribution in [3.63, 3.8) is 0 Å². The van der Waals surface area contributed by atoms with Gasteiger partial charge in [0.2, 0.25) is 5.91 Å². The largest absolute Gasteiger partial charge is 0.353 e. The molecule has 16 heavy (non-hydrogen) atoms. The fraction of sp³-hybridized carbons (Fsp3) is 0.917. The third-order valence-electron chi connectivity index (χ3n) is 3.32. The molecule has 4 nitrogen and oxygen atoms in total. The number of amides is 1. The molecular weight excluding hydrogens is 202 g/mol. The lowest BCUT2D eigenvalue weighted by Gasteiger charge is -2.41. The van der Waals surface area contributed by atoms with Gasteiger partial charge in [-0.25, -0.2) is 0 Å². The van der Waals surface area contributed by atoms with Crippen molar-refractivity contribution >= 4 is 5.91 Å². The van der Waals surface area contributed by atoms with Crippen LogP contribution in [0.25, 0.3) is 0 Å². The third kappa shape index (κ3) is 3.76. The Bertz CT molecular complexity index is 232. The van der Waals surface area contributed by atoms with Gasteiger partial charge in [0.1, 0.15) is 0 Å². The second kappa shape index (κ2) is 5.64. The monoisotopic (exact) mass is 227 g/mol. The highest BCUT2D eigenvalue weighted by atomic mass is 16.2. The van der Waals surface area contributed by atoms with Crippen molar-refractivity contribution in [2.24, 2.45) is 5.73 Å². The molecule has 0 aromatic rings. The van der Waals surface area contributed by atoms with Crippen molar-refractivity contribution in [2.75, 3.05) is 19.6 Å². The van der Waals surface area contributed by atoms with Crippen LogP contribution in [0.4, 0.5) is 0 Å². The zero-order valence-corrected chi connectivity index (χ0v) is 10.8. The summed E-state index contributed by atoms with van der Waals surface area (Å²) in [7, 11) is 0. The average Bonchev–Trinajstić information content (AvgIpc) is 2.27. The summed E-state index contributed by atoms with van der Waals surface area (Å²) in [5, 5.41) is 2.91. The number of rotatable bonds is 4. The first-order valence-electron chi connectivity index (χ1n) is 6.22. The standard InChI is InChI=1S/C12H25N3O/c1-10(13)11(16)14-9-12(2,3)15-7-5-4-6-8-15/h10H,4-9,13H2,1-3H3,(H,14,16)/t10-/m0/s1. The summed E-state index contributed by atoms with van der Waals surface area (Å²) < 4.78 is 0. The molecule has 0 bridgehead atoms. The summed E-state index contributed by atoms with van der Waals surface area (Å²) >= 11 is 0. The number of nitrogens with one attached hydrogen (secondary N) is 1. The third-order valence-corrected chi connectivity index (χ3v) is 3.32. The van der Waals surface area contributed by atoms with Crippen molar-refractivity contribution in [1.82, 2.24) is 10.2 Å². The second-order valence-electron chi connectivity index (χ2n) is 5.37. The van der Waals surface area contributed by atoms with Crippen LogP contribution in [0.5, 0.6) is 0 Å². The molecule has 3 N–H and O–H groups in total. The van der Waals surface area contributed by atoms with Gasteiger partial charge in [0.05, 0.1) is 6.04 Å². The Hall–Kier alpha value is -0.610. The van der Waals surface area contributed by atoms with E-state index < -0.39 is 6.04 Å². The molecule has 0 saturated carbocycles. The van der Waals surface area contributed by atoms with Crippen LogP contribution in [-0.2, 0) is 4.79 Å². The number of likely N-dealkylation sites (tertiary alicyclic amines) is 1. The molecule has 0 unspecified atom stereocenters. The summed E-state index contributed by atoms with van der Waals surface area (Å²) in [6.45, 7) is 9.03. The van der Waals surface area contributed by atoms with Gasteiger partial charge >= 0.3 is 0 Å². The van der Waals surface area contributed by atoms with Crippen molar-refractivity contribution in [3.8, 4) is 0 Å². The highest BCUT2D eigenvalue weighted by Crippen LogP contribution is 2.19. The molecule has 1 aliphatic heterocycles. The Morgan fingerprint density at radius 2 is 1.94 bits per heavy atom. The summed E-state index contributed by atoms with van der Waals surface area (Å²) in [5.41, 5.74) is 5.55. The van der Waals surface area contributed by atoms with Gasteiger partial charge in [0.25, 0.3) is 0 Å². The van der Waals surface area contributed by atoms with E-state index in [4.69, 9.17) is 5.73 Å². The van der Waals surface area contributed by atoms with Gasteiger partial charge in [-0.1, -0.05) is 6.42 Å². The van der Waals surface area contributed by atoms with E-state index in [0.717, 1.165) is 13.1 Å². The van der Waals surface area contributed by atoms with Crippen LogP contribution in [0.3, 0.4) is 0 Å². The molecule has 0 spiro atoms. The molecule has 0 radical (unpaired) electrons. The van der Waals surface area contributed by atoms with E-state index >= 15 is 0 Å². The average molecular weight is 227 g/mol.